The Morgan fingerprint density at radius 1 is 1.28 bits per heavy atom. The number of aryl methyl sites for hydroxylation is 1. The maximum Gasteiger partial charge on any atom is 0.152 e. The Morgan fingerprint density at radius 2 is 2.17 bits per heavy atom. The molecule has 0 bridgehead atoms. The lowest BCUT2D eigenvalue weighted by atomic mass is 9.67. The molecule has 0 saturated heterocycles. The highest BCUT2D eigenvalue weighted by atomic mass is 16.5. The zero-order chi connectivity index (χ0) is 12.3. The van der Waals surface area contributed by atoms with E-state index in [0.717, 1.165) is 31.2 Å². The van der Waals surface area contributed by atoms with Gasteiger partial charge in [-0.25, -0.2) is 0 Å². The highest BCUT2D eigenvalue weighted by molar-refractivity contribution is 5.63. The van der Waals surface area contributed by atoms with E-state index in [4.69, 9.17) is 4.74 Å². The maximum atomic E-state index is 10.9. The number of nitrogens with zero attached hydrogens (tertiary/aromatic N) is 1. The minimum Gasteiger partial charge on any atom is -0.484 e. The van der Waals surface area contributed by atoms with Gasteiger partial charge in [0.15, 0.2) is 5.75 Å². The van der Waals surface area contributed by atoms with Crippen molar-refractivity contribution in [2.45, 2.75) is 43.8 Å². The molecule has 0 amide bonds. The van der Waals surface area contributed by atoms with Crippen molar-refractivity contribution in [2.24, 2.45) is 11.1 Å². The van der Waals surface area contributed by atoms with Gasteiger partial charge in [-0.2, -0.15) is 0 Å². The third-order valence-electron chi connectivity index (χ3n) is 4.81. The van der Waals surface area contributed by atoms with Crippen LogP contribution in [-0.4, -0.2) is 17.3 Å². The molecule has 4 nitrogen and oxygen atoms in total. The molecule has 1 aliphatic heterocycles. The zero-order valence-corrected chi connectivity index (χ0v) is 10.0. The van der Waals surface area contributed by atoms with E-state index in [9.17, 15) is 10.0 Å². The number of aliphatic hydroxyl groups excluding tert-OH is 1. The molecule has 2 unspecified atom stereocenters. The van der Waals surface area contributed by atoms with Crippen molar-refractivity contribution >= 4 is 5.69 Å². The summed E-state index contributed by atoms with van der Waals surface area (Å²) in [4.78, 5) is 10.9. The summed E-state index contributed by atoms with van der Waals surface area (Å²) in [5.41, 5.74) is 2.82. The van der Waals surface area contributed by atoms with Crippen LogP contribution in [0.15, 0.2) is 17.3 Å². The SMILES string of the molecule is O=Nc1ccc2c3c1O[C@H]1C3C(CC2)CC[C@H]1O. The molecule has 1 fully saturated rings. The molecule has 1 saturated carbocycles. The van der Waals surface area contributed by atoms with Crippen LogP contribution in [0.25, 0.3) is 0 Å². The van der Waals surface area contributed by atoms with Crippen molar-refractivity contribution in [2.75, 3.05) is 0 Å². The third-order valence-corrected chi connectivity index (χ3v) is 4.81. The molecule has 94 valence electrons. The number of ether oxygens (including phenoxy) is 1. The third kappa shape index (κ3) is 1.19. The Hall–Kier alpha value is -1.42. The van der Waals surface area contributed by atoms with Crippen LogP contribution in [-0.2, 0) is 6.42 Å². The van der Waals surface area contributed by atoms with Crippen molar-refractivity contribution in [3.63, 3.8) is 0 Å². The Labute approximate surface area is 105 Å². The van der Waals surface area contributed by atoms with Gasteiger partial charge in [0.25, 0.3) is 0 Å². The van der Waals surface area contributed by atoms with Crippen molar-refractivity contribution in [1.82, 2.24) is 0 Å². The van der Waals surface area contributed by atoms with Crippen LogP contribution in [0.2, 0.25) is 0 Å². The van der Waals surface area contributed by atoms with E-state index in [1.165, 1.54) is 5.56 Å². The molecule has 4 atom stereocenters. The fraction of sp³-hybridized carbons (Fsp3) is 0.571. The van der Waals surface area contributed by atoms with E-state index in [0.29, 0.717) is 17.4 Å². The first-order valence-electron chi connectivity index (χ1n) is 6.63. The summed E-state index contributed by atoms with van der Waals surface area (Å²) in [5.74, 6) is 1.51. The summed E-state index contributed by atoms with van der Waals surface area (Å²) in [6.07, 6.45) is 3.50. The second-order valence-electron chi connectivity index (χ2n) is 5.63. The number of benzene rings is 1. The van der Waals surface area contributed by atoms with E-state index >= 15 is 0 Å². The van der Waals surface area contributed by atoms with E-state index in [1.807, 2.05) is 6.07 Å². The summed E-state index contributed by atoms with van der Waals surface area (Å²) in [6, 6.07) is 3.74. The van der Waals surface area contributed by atoms with Gasteiger partial charge in [-0.05, 0) is 48.4 Å². The number of aliphatic hydroxyl groups is 1. The van der Waals surface area contributed by atoms with Crippen molar-refractivity contribution < 1.29 is 9.84 Å². The van der Waals surface area contributed by atoms with Gasteiger partial charge in [0.05, 0.1) is 6.10 Å². The normalized spacial score (nSPS) is 35.8. The molecule has 3 aliphatic rings. The highest BCUT2D eigenvalue weighted by Gasteiger charge is 2.49. The lowest BCUT2D eigenvalue weighted by Crippen LogP contribution is -2.42. The van der Waals surface area contributed by atoms with Crippen LogP contribution in [0.4, 0.5) is 5.69 Å². The lowest BCUT2D eigenvalue weighted by Gasteiger charge is -2.38. The topological polar surface area (TPSA) is 58.9 Å². The molecule has 4 rings (SSSR count). The predicted octanol–water partition coefficient (Wildman–Crippen LogP) is 2.65. The molecule has 1 aromatic carbocycles. The van der Waals surface area contributed by atoms with Gasteiger partial charge in [-0.3, -0.25) is 0 Å². The predicted molar refractivity (Wildman–Crippen MR) is 66.1 cm³/mol. The maximum absolute atomic E-state index is 10.9. The molecule has 18 heavy (non-hydrogen) atoms. The second kappa shape index (κ2) is 3.54. The van der Waals surface area contributed by atoms with Crippen molar-refractivity contribution in [3.05, 3.63) is 28.2 Å². The fourth-order valence-corrected chi connectivity index (χ4v) is 4.00. The van der Waals surface area contributed by atoms with Crippen LogP contribution in [0.3, 0.4) is 0 Å². The number of hydrogen-bond donors (Lipinski definition) is 1. The quantitative estimate of drug-likeness (QED) is 0.774. The first kappa shape index (κ1) is 10.5. The summed E-state index contributed by atoms with van der Waals surface area (Å²) in [6.45, 7) is 0. The summed E-state index contributed by atoms with van der Waals surface area (Å²) in [5, 5.41) is 13.2. The van der Waals surface area contributed by atoms with Gasteiger partial charge in [0.1, 0.15) is 11.8 Å². The lowest BCUT2D eigenvalue weighted by molar-refractivity contribution is -0.0123. The van der Waals surface area contributed by atoms with Gasteiger partial charge >= 0.3 is 0 Å². The molecule has 1 aromatic rings. The van der Waals surface area contributed by atoms with Crippen LogP contribution in [0.5, 0.6) is 5.75 Å². The second-order valence-corrected chi connectivity index (χ2v) is 5.63. The Balaban J connectivity index is 1.92. The standard InChI is InChI=1S/C14H15NO3/c16-10-6-4-8-2-1-7-3-5-9(15-17)13-11(7)12(8)14(10)18-13/h3,5,8,10,12,14,16H,1-2,4,6H2/t8?,10-,12?,14-/m1/s1. The molecule has 1 N–H and O–H groups in total. The van der Waals surface area contributed by atoms with Gasteiger partial charge in [0, 0.05) is 11.5 Å². The molecule has 1 heterocycles. The molecule has 0 radical (unpaired) electrons. The smallest absolute Gasteiger partial charge is 0.152 e. The zero-order valence-electron chi connectivity index (χ0n) is 10.0. The van der Waals surface area contributed by atoms with Gasteiger partial charge < -0.3 is 9.84 Å². The van der Waals surface area contributed by atoms with Crippen molar-refractivity contribution in [1.29, 1.82) is 0 Å². The molecule has 0 spiro atoms. The molecular weight excluding hydrogens is 230 g/mol. The average Bonchev–Trinajstić information content (AvgIpc) is 2.81. The summed E-state index contributed by atoms with van der Waals surface area (Å²) >= 11 is 0. The number of rotatable bonds is 1. The van der Waals surface area contributed by atoms with Crippen LogP contribution < -0.4 is 4.74 Å². The van der Waals surface area contributed by atoms with Crippen molar-refractivity contribution in [3.8, 4) is 5.75 Å². The summed E-state index contributed by atoms with van der Waals surface area (Å²) in [7, 11) is 0. The Bertz CT molecular complexity index is 528. The highest BCUT2D eigenvalue weighted by Crippen LogP contribution is 2.56. The van der Waals surface area contributed by atoms with Gasteiger partial charge in [-0.1, -0.05) is 6.07 Å². The van der Waals surface area contributed by atoms with E-state index < -0.39 is 6.10 Å². The summed E-state index contributed by atoms with van der Waals surface area (Å²) < 4.78 is 5.89. The molecular formula is C14H15NO3. The molecule has 2 aliphatic carbocycles. The van der Waals surface area contributed by atoms with Gasteiger partial charge in [-0.15, -0.1) is 4.91 Å². The fourth-order valence-electron chi connectivity index (χ4n) is 4.00. The van der Waals surface area contributed by atoms with Crippen LogP contribution >= 0.6 is 0 Å². The Morgan fingerprint density at radius 3 is 3.00 bits per heavy atom. The van der Waals surface area contributed by atoms with Gasteiger partial charge in [0.2, 0.25) is 0 Å². The van der Waals surface area contributed by atoms with Crippen LogP contribution in [0, 0.1) is 10.8 Å². The molecule has 4 heteroatoms. The monoisotopic (exact) mass is 245 g/mol. The minimum atomic E-state index is -0.413. The number of nitroso groups, excluding NO2 is 1. The van der Waals surface area contributed by atoms with E-state index in [2.05, 4.69) is 5.18 Å². The van der Waals surface area contributed by atoms with E-state index in [1.54, 1.807) is 6.07 Å². The minimum absolute atomic E-state index is 0.166. The number of hydrogen-bond acceptors (Lipinski definition) is 4. The van der Waals surface area contributed by atoms with E-state index in [-0.39, 0.29) is 12.0 Å². The largest absolute Gasteiger partial charge is 0.484 e. The average molecular weight is 245 g/mol. The first-order chi connectivity index (χ1) is 8.79. The first-order valence-corrected chi connectivity index (χ1v) is 6.63. The molecule has 0 aromatic heterocycles. The Kier molecular flexibility index (Phi) is 2.07. The van der Waals surface area contributed by atoms with Crippen LogP contribution in [0.1, 0.15) is 36.3 Å².